The quantitative estimate of drug-likeness (QED) is 0.0545. The Kier molecular flexibility index (Phi) is 24.2. The van der Waals surface area contributed by atoms with Crippen LogP contribution in [0.25, 0.3) is 11.1 Å². The number of ether oxygens (including phenoxy) is 10. The summed E-state index contributed by atoms with van der Waals surface area (Å²) >= 11 is 0. The Balaban J connectivity index is 0.000000258. The van der Waals surface area contributed by atoms with E-state index in [0.717, 1.165) is 24.2 Å². The number of rotatable bonds is 5. The predicted molar refractivity (Wildman–Crippen MR) is 283 cm³/mol. The van der Waals surface area contributed by atoms with Crippen molar-refractivity contribution in [3.8, 4) is 57.8 Å². The van der Waals surface area contributed by atoms with Crippen LogP contribution >= 0.6 is 15.6 Å². The van der Waals surface area contributed by atoms with Gasteiger partial charge in [0, 0.05) is 47.5 Å². The molecular weight excluding hydrogens is 1150 g/mol. The summed E-state index contributed by atoms with van der Waals surface area (Å²) in [6.45, 7) is 7.92. The molecule has 0 saturated heterocycles. The molecule has 9 rings (SSSR count). The minimum atomic E-state index is -10.7. The standard InChI is InChI=1S/C32H38O10.C24H22N2.2F6P/c1-2-4-6-38-26-28-21-31-24-32(22-28)42-18-14-36-10-8-34-12-16-40-30-20-27(25-37-5-3-1)19-29(23-30)39-15-11-33-7-9-35-13-17-41-31;1-3-7-21(8-4-1)19-25-15-11-23(12-16-25)24-13-17-26(18-14-24)20-22-9-5-2-6-10-22;2*1-7(2,3,4,5)6/h19-24H,5-18,25-26H2;1-18H,19-20H2;;/q;+2;2*-1. The summed E-state index contributed by atoms with van der Waals surface area (Å²) < 4.78 is 181. The van der Waals surface area contributed by atoms with Crippen molar-refractivity contribution < 1.29 is 107 Å². The summed E-state index contributed by atoms with van der Waals surface area (Å²) in [5.74, 6) is 14.0. The maximum Gasteiger partial charge on any atom is 0.173 e. The average molecular weight is 1210 g/mol. The van der Waals surface area contributed by atoms with Crippen LogP contribution in [0.3, 0.4) is 0 Å². The van der Waals surface area contributed by atoms with Crippen molar-refractivity contribution in [1.29, 1.82) is 0 Å². The van der Waals surface area contributed by atoms with Gasteiger partial charge >= 0.3 is 66.0 Å². The van der Waals surface area contributed by atoms with Crippen LogP contribution in [0, 0.1) is 23.7 Å². The van der Waals surface area contributed by atoms with Crippen LogP contribution < -0.4 is 28.1 Å². The first kappa shape index (κ1) is 66.1. The summed E-state index contributed by atoms with van der Waals surface area (Å²) in [6, 6.07) is 41.1. The van der Waals surface area contributed by atoms with Crippen LogP contribution in [0.15, 0.2) is 146 Å². The number of hydrogen-bond acceptors (Lipinski definition) is 10. The molecule has 5 heterocycles. The van der Waals surface area contributed by atoms with Gasteiger partial charge < -0.3 is 47.4 Å². The van der Waals surface area contributed by atoms with Crippen LogP contribution in [-0.2, 0) is 54.7 Å². The molecule has 82 heavy (non-hydrogen) atoms. The number of fused-ring (bicyclic) bond motifs is 25. The minimum Gasteiger partial charge on any atom is -0.201 e. The second-order valence-corrected chi connectivity index (χ2v) is 21.3. The molecule has 6 bridgehead atoms. The number of aromatic nitrogens is 2. The molecule has 2 aromatic heterocycles. The monoisotopic (exact) mass is 1210 g/mol. The normalized spacial score (nSPS) is 16.8. The number of hydrogen-bond donors (Lipinski definition) is 0. The Hall–Kier alpha value is -6.72. The zero-order valence-electron chi connectivity index (χ0n) is 44.0. The molecule has 0 spiro atoms. The Morgan fingerprint density at radius 1 is 0.341 bits per heavy atom. The van der Waals surface area contributed by atoms with E-state index in [1.807, 2.05) is 36.4 Å². The largest absolute Gasteiger partial charge is 0.201 e. The van der Waals surface area contributed by atoms with Gasteiger partial charge in [-0.3, -0.25) is 0 Å². The van der Waals surface area contributed by atoms with E-state index in [9.17, 15) is 50.4 Å². The fourth-order valence-corrected chi connectivity index (χ4v) is 6.98. The van der Waals surface area contributed by atoms with Crippen molar-refractivity contribution in [2.45, 2.75) is 26.3 Å². The fraction of sp³-hybridized carbons (Fsp3) is 0.321. The summed E-state index contributed by atoms with van der Waals surface area (Å²) in [6.07, 6.45) is 8.58. The van der Waals surface area contributed by atoms with E-state index in [0.29, 0.717) is 115 Å². The number of pyridine rings is 2. The Morgan fingerprint density at radius 2 is 0.610 bits per heavy atom. The molecule has 26 heteroatoms. The van der Waals surface area contributed by atoms with Gasteiger partial charge in [-0.05, 0) is 58.4 Å². The zero-order valence-corrected chi connectivity index (χ0v) is 45.8. The molecule has 0 fully saturated rings. The van der Waals surface area contributed by atoms with Crippen LogP contribution in [0.5, 0.6) is 23.0 Å². The number of benzene rings is 4. The first-order chi connectivity index (χ1) is 38.6. The van der Waals surface area contributed by atoms with Crippen LogP contribution in [0.1, 0.15) is 22.3 Å². The van der Waals surface area contributed by atoms with Gasteiger partial charge in [0.1, 0.15) is 62.6 Å². The predicted octanol–water partition coefficient (Wildman–Crippen LogP) is 13.8. The molecular formula is C56H60F12N2O10P2. The molecule has 0 unspecified atom stereocenters. The van der Waals surface area contributed by atoms with Crippen molar-refractivity contribution in [1.82, 2.24) is 0 Å². The zero-order chi connectivity index (χ0) is 59.3. The van der Waals surface area contributed by atoms with Gasteiger partial charge in [0.2, 0.25) is 0 Å². The van der Waals surface area contributed by atoms with Crippen LogP contribution in [-0.4, -0.2) is 92.5 Å². The summed E-state index contributed by atoms with van der Waals surface area (Å²) in [5, 5.41) is 0. The van der Waals surface area contributed by atoms with Crippen molar-refractivity contribution >= 4 is 15.6 Å². The molecule has 6 aromatic rings. The second kappa shape index (κ2) is 30.0. The molecule has 3 aliphatic rings. The molecule has 0 radical (unpaired) electrons. The van der Waals surface area contributed by atoms with E-state index >= 15 is 0 Å². The van der Waals surface area contributed by atoms with Crippen LogP contribution in [0.4, 0.5) is 50.4 Å². The molecule has 12 nitrogen and oxygen atoms in total. The summed E-state index contributed by atoms with van der Waals surface area (Å²) in [4.78, 5) is 0. The third kappa shape index (κ3) is 35.2. The van der Waals surface area contributed by atoms with Crippen molar-refractivity contribution in [3.05, 3.63) is 168 Å². The van der Waals surface area contributed by atoms with E-state index in [1.54, 1.807) is 0 Å². The molecule has 0 amide bonds. The van der Waals surface area contributed by atoms with E-state index < -0.39 is 15.6 Å². The van der Waals surface area contributed by atoms with Gasteiger partial charge in [0.05, 0.1) is 66.1 Å². The average Bonchev–Trinajstić information content (AvgIpc) is 3.44. The third-order valence-electron chi connectivity index (χ3n) is 10.3. The molecule has 0 atom stereocenters. The van der Waals surface area contributed by atoms with E-state index in [4.69, 9.17) is 47.4 Å². The number of halogens is 12. The summed E-state index contributed by atoms with van der Waals surface area (Å²) in [5.41, 5.74) is 6.89. The van der Waals surface area contributed by atoms with Crippen molar-refractivity contribution in [2.75, 3.05) is 92.5 Å². The molecule has 3 aliphatic heterocycles. The van der Waals surface area contributed by atoms with Crippen molar-refractivity contribution in [3.63, 3.8) is 0 Å². The van der Waals surface area contributed by atoms with E-state index in [-0.39, 0.29) is 13.2 Å². The molecule has 0 aliphatic carbocycles. The van der Waals surface area contributed by atoms with E-state index in [1.165, 1.54) is 22.3 Å². The molecule has 448 valence electrons. The van der Waals surface area contributed by atoms with Gasteiger partial charge in [0.15, 0.2) is 37.9 Å². The molecule has 0 N–H and O–H groups in total. The smallest absolute Gasteiger partial charge is 0.173 e. The summed E-state index contributed by atoms with van der Waals surface area (Å²) in [7, 11) is -21.3. The van der Waals surface area contributed by atoms with Crippen LogP contribution in [0.2, 0.25) is 0 Å². The van der Waals surface area contributed by atoms with Crippen molar-refractivity contribution in [2.24, 2.45) is 0 Å². The van der Waals surface area contributed by atoms with Gasteiger partial charge in [-0.15, -0.1) is 0 Å². The Morgan fingerprint density at radius 3 is 0.890 bits per heavy atom. The third-order valence-corrected chi connectivity index (χ3v) is 10.3. The van der Waals surface area contributed by atoms with Gasteiger partial charge in [-0.2, -0.15) is 0 Å². The Bertz CT molecular complexity index is 2720. The Labute approximate surface area is 466 Å². The fourth-order valence-electron chi connectivity index (χ4n) is 6.98. The maximum atomic E-state index is 9.87. The molecule has 0 saturated carbocycles. The SMILES string of the molecule is C1#CCOCc2cc3cc(c2)OCCOCCOCCOc2cc(cc(c2)OCCOCCOCCO3)COCC#C1.F[P-](F)(F)(F)(F)F.F[P-](F)(F)(F)(F)F.c1ccc(C[n+]2ccc(-c3cc[n+](Cc4ccccc4)cc3)cc2)cc1. The first-order valence-electron chi connectivity index (χ1n) is 25.0. The van der Waals surface area contributed by atoms with Gasteiger partial charge in [-0.25, -0.2) is 9.13 Å². The first-order valence-corrected chi connectivity index (χ1v) is 29.1. The van der Waals surface area contributed by atoms with E-state index in [2.05, 4.69) is 143 Å². The number of nitrogens with zero attached hydrogens (tertiary/aromatic N) is 2. The minimum absolute atomic E-state index is 0.234. The van der Waals surface area contributed by atoms with Gasteiger partial charge in [0.25, 0.3) is 0 Å². The maximum absolute atomic E-state index is 10.7. The van der Waals surface area contributed by atoms with Gasteiger partial charge in [-0.1, -0.05) is 72.5 Å². The second-order valence-electron chi connectivity index (χ2n) is 17.5. The molecule has 4 aromatic carbocycles. The topological polar surface area (TPSA) is 100 Å².